The van der Waals surface area contributed by atoms with Gasteiger partial charge in [0, 0.05) is 10.6 Å². The first-order valence-corrected chi connectivity index (χ1v) is 7.07. The van der Waals surface area contributed by atoms with E-state index in [1.54, 1.807) is 43.3 Å². The number of aromatic carboxylic acids is 1. The normalized spacial score (nSPS) is 10.9. The van der Waals surface area contributed by atoms with Gasteiger partial charge in [0.05, 0.1) is 5.69 Å². The molecule has 0 aliphatic carbocycles. The lowest BCUT2D eigenvalue weighted by Crippen LogP contribution is -2.02. The number of hydrogen-bond acceptors (Lipinski definition) is 3. The monoisotopic (exact) mass is 336 g/mol. The first-order chi connectivity index (χ1) is 10.5. The highest BCUT2D eigenvalue weighted by molar-refractivity contribution is 6.30. The van der Waals surface area contributed by atoms with Gasteiger partial charge < -0.3 is 9.52 Å². The summed E-state index contributed by atoms with van der Waals surface area (Å²) in [5.74, 6) is -0.665. The van der Waals surface area contributed by atoms with Crippen molar-refractivity contribution in [2.45, 2.75) is 6.92 Å². The first-order valence-electron chi connectivity index (χ1n) is 6.32. The molecular formula is C15H10Cl2N2O3. The van der Waals surface area contributed by atoms with Crippen LogP contribution >= 0.6 is 23.2 Å². The van der Waals surface area contributed by atoms with Crippen LogP contribution in [0.3, 0.4) is 0 Å². The lowest BCUT2D eigenvalue weighted by Gasteiger charge is -2.06. The lowest BCUT2D eigenvalue weighted by atomic mass is 10.1. The minimum absolute atomic E-state index is 0.0440. The quantitative estimate of drug-likeness (QED) is 0.767. The number of carboxylic acids is 1. The zero-order valence-electron chi connectivity index (χ0n) is 11.4. The summed E-state index contributed by atoms with van der Waals surface area (Å²) >= 11 is 11.7. The highest BCUT2D eigenvalue weighted by Crippen LogP contribution is 2.31. The summed E-state index contributed by atoms with van der Waals surface area (Å²) in [6.07, 6.45) is 0. The van der Waals surface area contributed by atoms with Gasteiger partial charge in [0.25, 0.3) is 0 Å². The number of carboxylic acid groups (broad SMARTS) is 1. The molecule has 22 heavy (non-hydrogen) atoms. The second-order valence-electron chi connectivity index (χ2n) is 4.62. The maximum absolute atomic E-state index is 11.4. The third-order valence-corrected chi connectivity index (χ3v) is 3.66. The van der Waals surface area contributed by atoms with Gasteiger partial charge in [0.2, 0.25) is 0 Å². The van der Waals surface area contributed by atoms with Crippen molar-refractivity contribution in [3.63, 3.8) is 0 Å². The van der Waals surface area contributed by atoms with Crippen LogP contribution in [0.15, 0.2) is 40.8 Å². The fourth-order valence-electron chi connectivity index (χ4n) is 2.20. The van der Waals surface area contributed by atoms with Crippen LogP contribution in [-0.4, -0.2) is 20.9 Å². The second-order valence-corrected chi connectivity index (χ2v) is 5.43. The summed E-state index contributed by atoms with van der Waals surface area (Å²) in [5.41, 5.74) is 1.65. The van der Waals surface area contributed by atoms with Crippen molar-refractivity contribution in [2.24, 2.45) is 0 Å². The predicted octanol–water partition coefficient (Wildman–Crippen LogP) is 4.45. The molecule has 1 aromatic carbocycles. The van der Waals surface area contributed by atoms with Gasteiger partial charge in [-0.15, -0.1) is 0 Å². The van der Waals surface area contributed by atoms with Gasteiger partial charge >= 0.3 is 5.97 Å². The summed E-state index contributed by atoms with van der Waals surface area (Å²) in [6, 6.07) is 10.2. The molecule has 0 radical (unpaired) electrons. The van der Waals surface area contributed by atoms with Crippen LogP contribution in [0, 0.1) is 6.92 Å². The first kappa shape index (κ1) is 14.7. The Balaban J connectivity index is 2.26. The molecule has 0 atom stereocenters. The minimum atomic E-state index is -1.11. The fourth-order valence-corrected chi connectivity index (χ4v) is 2.47. The van der Waals surface area contributed by atoms with E-state index in [1.165, 1.54) is 4.68 Å². The molecule has 0 saturated heterocycles. The standard InChI is InChI=1S/C15H10Cl2N2O3/c1-8-13(15(20)21)18-19(10-4-2-9(16)3-5-10)14(8)11-6-7-12(17)22-11/h2-7H,1H3,(H,20,21). The summed E-state index contributed by atoms with van der Waals surface area (Å²) in [7, 11) is 0. The molecule has 0 spiro atoms. The Bertz CT molecular complexity index is 850. The number of nitrogens with zero attached hydrogens (tertiary/aromatic N) is 2. The van der Waals surface area contributed by atoms with Gasteiger partial charge in [-0.3, -0.25) is 0 Å². The Morgan fingerprint density at radius 2 is 1.86 bits per heavy atom. The molecule has 3 aromatic rings. The molecule has 0 unspecified atom stereocenters. The molecule has 2 heterocycles. The molecule has 2 aromatic heterocycles. The molecule has 5 nitrogen and oxygen atoms in total. The van der Waals surface area contributed by atoms with E-state index in [0.29, 0.717) is 27.7 Å². The third-order valence-electron chi connectivity index (χ3n) is 3.20. The molecule has 0 bridgehead atoms. The van der Waals surface area contributed by atoms with Crippen molar-refractivity contribution in [3.8, 4) is 17.1 Å². The second kappa shape index (κ2) is 5.51. The van der Waals surface area contributed by atoms with Crippen LogP contribution < -0.4 is 0 Å². The van der Waals surface area contributed by atoms with Crippen molar-refractivity contribution in [3.05, 3.63) is 57.9 Å². The summed E-state index contributed by atoms with van der Waals surface area (Å²) < 4.78 is 6.92. The average Bonchev–Trinajstić information content (AvgIpc) is 3.03. The summed E-state index contributed by atoms with van der Waals surface area (Å²) in [4.78, 5) is 11.4. The van der Waals surface area contributed by atoms with Crippen LogP contribution in [0.4, 0.5) is 0 Å². The molecule has 0 saturated carbocycles. The van der Waals surface area contributed by atoms with Gasteiger partial charge in [0.15, 0.2) is 16.7 Å². The maximum Gasteiger partial charge on any atom is 0.356 e. The Hall–Kier alpha value is -2.24. The number of rotatable bonds is 3. The third kappa shape index (κ3) is 2.49. The topological polar surface area (TPSA) is 68.3 Å². The van der Waals surface area contributed by atoms with Crippen LogP contribution in [0.25, 0.3) is 17.1 Å². The zero-order chi connectivity index (χ0) is 15.9. The Labute approximate surface area is 135 Å². The minimum Gasteiger partial charge on any atom is -0.476 e. The highest BCUT2D eigenvalue weighted by Gasteiger charge is 2.23. The maximum atomic E-state index is 11.4. The summed E-state index contributed by atoms with van der Waals surface area (Å²) in [6.45, 7) is 1.68. The zero-order valence-corrected chi connectivity index (χ0v) is 12.9. The number of aromatic nitrogens is 2. The van der Waals surface area contributed by atoms with Gasteiger partial charge in [-0.05, 0) is 54.9 Å². The number of carbonyl (C=O) groups is 1. The molecule has 112 valence electrons. The van der Waals surface area contributed by atoms with Crippen LogP contribution in [-0.2, 0) is 0 Å². The van der Waals surface area contributed by atoms with Crippen LogP contribution in [0.2, 0.25) is 10.2 Å². The lowest BCUT2D eigenvalue weighted by molar-refractivity contribution is 0.0689. The van der Waals surface area contributed by atoms with E-state index >= 15 is 0 Å². The van der Waals surface area contributed by atoms with E-state index in [9.17, 15) is 9.90 Å². The molecular weight excluding hydrogens is 327 g/mol. The molecule has 0 aliphatic rings. The van der Waals surface area contributed by atoms with Crippen molar-refractivity contribution < 1.29 is 14.3 Å². The molecule has 0 fully saturated rings. The van der Waals surface area contributed by atoms with Gasteiger partial charge in [-0.2, -0.15) is 5.10 Å². The summed E-state index contributed by atoms with van der Waals surface area (Å²) in [5, 5.41) is 14.3. The molecule has 0 amide bonds. The molecule has 3 rings (SSSR count). The Morgan fingerprint density at radius 1 is 1.18 bits per heavy atom. The van der Waals surface area contributed by atoms with E-state index in [0.717, 1.165) is 0 Å². The fraction of sp³-hybridized carbons (Fsp3) is 0.0667. The smallest absolute Gasteiger partial charge is 0.356 e. The van der Waals surface area contributed by atoms with Crippen molar-refractivity contribution in [1.82, 2.24) is 9.78 Å². The van der Waals surface area contributed by atoms with E-state index in [4.69, 9.17) is 27.6 Å². The molecule has 7 heteroatoms. The number of hydrogen-bond donors (Lipinski definition) is 1. The SMILES string of the molecule is Cc1c(C(=O)O)nn(-c2ccc(Cl)cc2)c1-c1ccc(Cl)o1. The highest BCUT2D eigenvalue weighted by atomic mass is 35.5. The number of benzene rings is 1. The molecule has 0 aliphatic heterocycles. The van der Waals surface area contributed by atoms with Gasteiger partial charge in [0.1, 0.15) is 5.69 Å². The van der Waals surface area contributed by atoms with Gasteiger partial charge in [-0.1, -0.05) is 11.6 Å². The Morgan fingerprint density at radius 3 is 2.41 bits per heavy atom. The van der Waals surface area contributed by atoms with E-state index in [1.807, 2.05) is 0 Å². The average molecular weight is 337 g/mol. The number of halogens is 2. The van der Waals surface area contributed by atoms with Crippen molar-refractivity contribution in [1.29, 1.82) is 0 Å². The van der Waals surface area contributed by atoms with E-state index in [-0.39, 0.29) is 10.9 Å². The van der Waals surface area contributed by atoms with Crippen LogP contribution in [0.1, 0.15) is 16.1 Å². The van der Waals surface area contributed by atoms with Crippen molar-refractivity contribution >= 4 is 29.2 Å². The van der Waals surface area contributed by atoms with Gasteiger partial charge in [-0.25, -0.2) is 9.48 Å². The van der Waals surface area contributed by atoms with Crippen LogP contribution in [0.5, 0.6) is 0 Å². The number of furan rings is 1. The molecule has 1 N–H and O–H groups in total. The predicted molar refractivity (Wildman–Crippen MR) is 83.0 cm³/mol. The Kier molecular flexibility index (Phi) is 3.68. The van der Waals surface area contributed by atoms with Crippen molar-refractivity contribution in [2.75, 3.05) is 0 Å². The van der Waals surface area contributed by atoms with E-state index < -0.39 is 5.97 Å². The van der Waals surface area contributed by atoms with E-state index in [2.05, 4.69) is 5.10 Å². The largest absolute Gasteiger partial charge is 0.476 e.